The molecule has 0 radical (unpaired) electrons. The summed E-state index contributed by atoms with van der Waals surface area (Å²) in [6, 6.07) is 19.2. The molecule has 0 atom stereocenters. The third-order valence-corrected chi connectivity index (χ3v) is 4.17. The minimum Gasteiger partial charge on any atom is -0.322 e. The number of carbonyl (C=O) groups is 2. The first-order valence-corrected chi connectivity index (χ1v) is 8.77. The van der Waals surface area contributed by atoms with Crippen molar-refractivity contribution in [2.45, 2.75) is 13.3 Å². The first kappa shape index (κ1) is 18.8. The molecule has 3 aromatic rings. The smallest absolute Gasteiger partial charge is 0.274 e. The Bertz CT molecular complexity index is 1050. The lowest BCUT2D eigenvalue weighted by atomic mass is 10.1. The van der Waals surface area contributed by atoms with Crippen molar-refractivity contribution >= 4 is 23.2 Å². The van der Waals surface area contributed by atoms with Gasteiger partial charge in [0.1, 0.15) is 11.8 Å². The van der Waals surface area contributed by atoms with Crippen LogP contribution >= 0.6 is 0 Å². The maximum atomic E-state index is 12.5. The Balaban J connectivity index is 1.74. The zero-order valence-corrected chi connectivity index (χ0v) is 15.3. The molecule has 0 aliphatic heterocycles. The number of benzene rings is 2. The van der Waals surface area contributed by atoms with E-state index < -0.39 is 5.91 Å². The summed E-state index contributed by atoms with van der Waals surface area (Å²) >= 11 is 0. The second-order valence-corrected chi connectivity index (χ2v) is 6.05. The molecule has 3 rings (SSSR count). The van der Waals surface area contributed by atoms with Crippen molar-refractivity contribution in [1.82, 2.24) is 4.98 Å². The molecule has 1 aromatic heterocycles. The predicted molar refractivity (Wildman–Crippen MR) is 107 cm³/mol. The highest BCUT2D eigenvalue weighted by Gasteiger charge is 2.13. The van der Waals surface area contributed by atoms with Gasteiger partial charge in [0.15, 0.2) is 0 Å². The number of pyridine rings is 1. The summed E-state index contributed by atoms with van der Waals surface area (Å²) in [7, 11) is 0. The highest BCUT2D eigenvalue weighted by molar-refractivity contribution is 6.08. The zero-order valence-electron chi connectivity index (χ0n) is 15.3. The van der Waals surface area contributed by atoms with Gasteiger partial charge in [-0.05, 0) is 48.4 Å². The Morgan fingerprint density at radius 2 is 1.75 bits per heavy atom. The first-order chi connectivity index (χ1) is 13.6. The lowest BCUT2D eigenvalue weighted by molar-refractivity contribution is 0.102. The van der Waals surface area contributed by atoms with E-state index in [-0.39, 0.29) is 11.6 Å². The van der Waals surface area contributed by atoms with Crippen LogP contribution < -0.4 is 10.6 Å². The fourth-order valence-electron chi connectivity index (χ4n) is 2.60. The molecule has 0 spiro atoms. The summed E-state index contributed by atoms with van der Waals surface area (Å²) in [6.45, 7) is 2.06. The van der Waals surface area contributed by atoms with Crippen LogP contribution in [0.2, 0.25) is 0 Å². The second-order valence-electron chi connectivity index (χ2n) is 6.05. The van der Waals surface area contributed by atoms with Crippen molar-refractivity contribution in [2.24, 2.45) is 0 Å². The Hall–Kier alpha value is -3.98. The molecule has 0 aliphatic carbocycles. The number of para-hydroxylation sites is 1. The van der Waals surface area contributed by atoms with E-state index in [2.05, 4.69) is 22.5 Å². The monoisotopic (exact) mass is 370 g/mol. The number of nitrogens with zero attached hydrogens (tertiary/aromatic N) is 2. The highest BCUT2D eigenvalue weighted by atomic mass is 16.2. The van der Waals surface area contributed by atoms with E-state index in [0.717, 1.165) is 6.42 Å². The van der Waals surface area contributed by atoms with Gasteiger partial charge >= 0.3 is 0 Å². The predicted octanol–water partition coefficient (Wildman–Crippen LogP) is 4.02. The summed E-state index contributed by atoms with van der Waals surface area (Å²) < 4.78 is 0. The fourth-order valence-corrected chi connectivity index (χ4v) is 2.60. The Morgan fingerprint density at radius 1 is 1.00 bits per heavy atom. The van der Waals surface area contributed by atoms with Crippen LogP contribution in [-0.2, 0) is 6.42 Å². The van der Waals surface area contributed by atoms with Gasteiger partial charge in [0.05, 0.1) is 11.3 Å². The van der Waals surface area contributed by atoms with Crippen molar-refractivity contribution < 1.29 is 9.59 Å². The molecule has 6 nitrogen and oxygen atoms in total. The fraction of sp³-hybridized carbons (Fsp3) is 0.0909. The largest absolute Gasteiger partial charge is 0.322 e. The molecular formula is C22H18N4O2. The van der Waals surface area contributed by atoms with Crippen LogP contribution in [-0.4, -0.2) is 16.8 Å². The SMILES string of the molecule is CCc1ccc(NC(=O)c2ccnc(C(=O)Nc3ccccc3C#N)c2)cc1. The van der Waals surface area contributed by atoms with Gasteiger partial charge in [-0.3, -0.25) is 14.6 Å². The highest BCUT2D eigenvalue weighted by Crippen LogP contribution is 2.16. The van der Waals surface area contributed by atoms with E-state index in [0.29, 0.717) is 22.5 Å². The Morgan fingerprint density at radius 3 is 2.46 bits per heavy atom. The maximum absolute atomic E-state index is 12.5. The van der Waals surface area contributed by atoms with Crippen LogP contribution in [0.4, 0.5) is 11.4 Å². The van der Waals surface area contributed by atoms with Gasteiger partial charge in [-0.25, -0.2) is 0 Å². The molecular weight excluding hydrogens is 352 g/mol. The first-order valence-electron chi connectivity index (χ1n) is 8.77. The lowest BCUT2D eigenvalue weighted by Crippen LogP contribution is -2.17. The number of aromatic nitrogens is 1. The number of hydrogen-bond acceptors (Lipinski definition) is 4. The van der Waals surface area contributed by atoms with Gasteiger partial charge in [-0.15, -0.1) is 0 Å². The number of anilines is 2. The molecule has 0 bridgehead atoms. The van der Waals surface area contributed by atoms with Gasteiger partial charge < -0.3 is 10.6 Å². The van der Waals surface area contributed by atoms with E-state index in [1.165, 1.54) is 23.9 Å². The number of nitriles is 1. The van der Waals surface area contributed by atoms with Gasteiger partial charge in [0, 0.05) is 17.4 Å². The molecule has 138 valence electrons. The van der Waals surface area contributed by atoms with Gasteiger partial charge in [0.25, 0.3) is 11.8 Å². The second kappa shape index (κ2) is 8.60. The summed E-state index contributed by atoms with van der Waals surface area (Å²) in [5.41, 5.74) is 2.99. The van der Waals surface area contributed by atoms with Crippen LogP contribution in [0.5, 0.6) is 0 Å². The van der Waals surface area contributed by atoms with Crippen molar-refractivity contribution in [3.8, 4) is 6.07 Å². The Labute approximate surface area is 162 Å². The standard InChI is InChI=1S/C22H18N4O2/c1-2-15-7-9-18(10-8-15)25-21(27)16-11-12-24-20(13-16)22(28)26-19-6-4-3-5-17(19)14-23/h3-13H,2H2,1H3,(H,25,27)(H,26,28). The number of amides is 2. The van der Waals surface area contributed by atoms with Crippen molar-refractivity contribution in [2.75, 3.05) is 10.6 Å². The molecule has 0 fully saturated rings. The van der Waals surface area contributed by atoms with E-state index in [9.17, 15) is 9.59 Å². The van der Waals surface area contributed by atoms with Crippen LogP contribution in [0.3, 0.4) is 0 Å². The number of nitrogens with one attached hydrogen (secondary N) is 2. The normalized spacial score (nSPS) is 10.0. The van der Waals surface area contributed by atoms with Gasteiger partial charge in [-0.1, -0.05) is 31.2 Å². The molecule has 0 aliphatic rings. The van der Waals surface area contributed by atoms with Crippen LogP contribution in [0, 0.1) is 11.3 Å². The summed E-state index contributed by atoms with van der Waals surface area (Å²) in [4.78, 5) is 29.0. The third kappa shape index (κ3) is 4.40. The number of rotatable bonds is 5. The van der Waals surface area contributed by atoms with Gasteiger partial charge in [0.2, 0.25) is 0 Å². The average Bonchev–Trinajstić information content (AvgIpc) is 2.74. The van der Waals surface area contributed by atoms with E-state index in [1.54, 1.807) is 24.3 Å². The van der Waals surface area contributed by atoms with Crippen LogP contribution in [0.25, 0.3) is 0 Å². The summed E-state index contributed by atoms with van der Waals surface area (Å²) in [5, 5.41) is 14.6. The topological polar surface area (TPSA) is 94.9 Å². The van der Waals surface area contributed by atoms with E-state index in [1.807, 2.05) is 30.3 Å². The zero-order chi connectivity index (χ0) is 19.9. The van der Waals surface area contributed by atoms with E-state index >= 15 is 0 Å². The molecule has 2 amide bonds. The molecule has 6 heteroatoms. The molecule has 0 saturated heterocycles. The summed E-state index contributed by atoms with van der Waals surface area (Å²) in [6.07, 6.45) is 2.33. The van der Waals surface area contributed by atoms with Crippen molar-refractivity contribution in [1.29, 1.82) is 5.26 Å². The molecule has 0 saturated carbocycles. The van der Waals surface area contributed by atoms with Crippen LogP contribution in [0.1, 0.15) is 38.9 Å². The number of aryl methyl sites for hydroxylation is 1. The molecule has 28 heavy (non-hydrogen) atoms. The molecule has 1 heterocycles. The third-order valence-electron chi connectivity index (χ3n) is 4.17. The van der Waals surface area contributed by atoms with Crippen molar-refractivity contribution in [3.63, 3.8) is 0 Å². The number of hydrogen-bond donors (Lipinski definition) is 2. The minimum absolute atomic E-state index is 0.0849. The van der Waals surface area contributed by atoms with Crippen molar-refractivity contribution in [3.05, 3.63) is 89.2 Å². The van der Waals surface area contributed by atoms with Crippen LogP contribution in [0.15, 0.2) is 66.9 Å². The molecule has 2 aromatic carbocycles. The summed E-state index contributed by atoms with van der Waals surface area (Å²) in [5.74, 6) is -0.831. The Kier molecular flexibility index (Phi) is 5.78. The average molecular weight is 370 g/mol. The minimum atomic E-state index is -0.496. The molecule has 2 N–H and O–H groups in total. The van der Waals surface area contributed by atoms with Gasteiger partial charge in [-0.2, -0.15) is 5.26 Å². The molecule has 0 unspecified atom stereocenters. The number of carbonyl (C=O) groups excluding carboxylic acids is 2. The quantitative estimate of drug-likeness (QED) is 0.709. The lowest BCUT2D eigenvalue weighted by Gasteiger charge is -2.08. The van der Waals surface area contributed by atoms with E-state index in [4.69, 9.17) is 5.26 Å². The maximum Gasteiger partial charge on any atom is 0.274 e.